The van der Waals surface area contributed by atoms with Crippen LogP contribution in [0.1, 0.15) is 27.2 Å². The fourth-order valence-corrected chi connectivity index (χ4v) is 2.29. The van der Waals surface area contributed by atoms with Gasteiger partial charge in [-0.1, -0.05) is 0 Å². The SMILES string of the molecule is CC(=O)N1C(CCO)C(CO)OC1(C)C. The highest BCUT2D eigenvalue weighted by Gasteiger charge is 2.47. The number of rotatable bonds is 3. The molecule has 0 radical (unpaired) electrons. The summed E-state index contributed by atoms with van der Waals surface area (Å²) in [5.41, 5.74) is -0.709. The molecule has 1 aliphatic rings. The van der Waals surface area contributed by atoms with Crippen LogP contribution in [-0.2, 0) is 9.53 Å². The van der Waals surface area contributed by atoms with E-state index in [1.54, 1.807) is 18.7 Å². The second-order valence-corrected chi connectivity index (χ2v) is 4.25. The van der Waals surface area contributed by atoms with Crippen LogP contribution in [0.3, 0.4) is 0 Å². The maximum Gasteiger partial charge on any atom is 0.222 e. The molecule has 0 saturated carbocycles. The van der Waals surface area contributed by atoms with Crippen LogP contribution in [0.4, 0.5) is 0 Å². The minimum atomic E-state index is -0.709. The first-order valence-corrected chi connectivity index (χ1v) is 5.13. The number of nitrogens with zero attached hydrogens (tertiary/aromatic N) is 1. The molecule has 0 aromatic rings. The molecule has 2 N–H and O–H groups in total. The minimum Gasteiger partial charge on any atom is -0.396 e. The molecule has 5 nitrogen and oxygen atoms in total. The summed E-state index contributed by atoms with van der Waals surface area (Å²) >= 11 is 0. The van der Waals surface area contributed by atoms with Crippen molar-refractivity contribution in [2.24, 2.45) is 0 Å². The summed E-state index contributed by atoms with van der Waals surface area (Å²) in [5.74, 6) is -0.102. The number of hydrogen-bond donors (Lipinski definition) is 2. The van der Waals surface area contributed by atoms with Gasteiger partial charge in [-0.2, -0.15) is 0 Å². The van der Waals surface area contributed by atoms with Gasteiger partial charge in [-0.3, -0.25) is 4.79 Å². The number of amides is 1. The first kappa shape index (κ1) is 12.4. The number of aliphatic hydroxyl groups excluding tert-OH is 2. The van der Waals surface area contributed by atoms with Gasteiger partial charge in [-0.05, 0) is 20.3 Å². The van der Waals surface area contributed by atoms with Crippen molar-refractivity contribution in [1.29, 1.82) is 0 Å². The van der Waals surface area contributed by atoms with Crippen LogP contribution in [0.25, 0.3) is 0 Å². The Kier molecular flexibility index (Phi) is 3.70. The summed E-state index contributed by atoms with van der Waals surface area (Å²) in [5, 5.41) is 18.1. The van der Waals surface area contributed by atoms with Crippen molar-refractivity contribution in [1.82, 2.24) is 4.90 Å². The Hall–Kier alpha value is -0.650. The standard InChI is InChI=1S/C10H19NO4/c1-7(14)11-8(4-5-12)9(6-13)15-10(11,2)3/h8-9,12-13H,4-6H2,1-3H3. The van der Waals surface area contributed by atoms with Gasteiger partial charge in [0.25, 0.3) is 0 Å². The highest BCUT2D eigenvalue weighted by molar-refractivity contribution is 5.74. The Morgan fingerprint density at radius 2 is 2.07 bits per heavy atom. The summed E-state index contributed by atoms with van der Waals surface area (Å²) in [6.45, 7) is 4.88. The van der Waals surface area contributed by atoms with E-state index < -0.39 is 11.8 Å². The molecule has 1 aliphatic heterocycles. The lowest BCUT2D eigenvalue weighted by Crippen LogP contribution is -2.47. The van der Waals surface area contributed by atoms with E-state index in [0.29, 0.717) is 6.42 Å². The summed E-state index contributed by atoms with van der Waals surface area (Å²) in [6, 6.07) is -0.243. The van der Waals surface area contributed by atoms with Gasteiger partial charge in [0.1, 0.15) is 11.8 Å². The largest absolute Gasteiger partial charge is 0.396 e. The van der Waals surface area contributed by atoms with Gasteiger partial charge in [-0.25, -0.2) is 0 Å². The lowest BCUT2D eigenvalue weighted by Gasteiger charge is -2.32. The second kappa shape index (κ2) is 4.47. The number of aliphatic hydroxyl groups is 2. The summed E-state index contributed by atoms with van der Waals surface area (Å²) in [6.07, 6.45) is 0.0184. The third-order valence-corrected chi connectivity index (χ3v) is 2.72. The van der Waals surface area contributed by atoms with E-state index in [1.807, 2.05) is 0 Å². The fourth-order valence-electron chi connectivity index (χ4n) is 2.29. The Balaban J connectivity index is 2.90. The van der Waals surface area contributed by atoms with E-state index in [2.05, 4.69) is 0 Å². The highest BCUT2D eigenvalue weighted by Crippen LogP contribution is 2.33. The molecule has 0 spiro atoms. The predicted molar refractivity (Wildman–Crippen MR) is 54.0 cm³/mol. The topological polar surface area (TPSA) is 70.0 Å². The van der Waals surface area contributed by atoms with Gasteiger partial charge in [-0.15, -0.1) is 0 Å². The molecule has 1 saturated heterocycles. The molecule has 2 atom stereocenters. The Labute approximate surface area is 89.6 Å². The molecule has 88 valence electrons. The van der Waals surface area contributed by atoms with Crippen molar-refractivity contribution < 1.29 is 19.7 Å². The van der Waals surface area contributed by atoms with Crippen LogP contribution in [0.15, 0.2) is 0 Å². The lowest BCUT2D eigenvalue weighted by atomic mass is 10.1. The Morgan fingerprint density at radius 1 is 1.47 bits per heavy atom. The maximum absolute atomic E-state index is 11.5. The second-order valence-electron chi connectivity index (χ2n) is 4.25. The van der Waals surface area contributed by atoms with E-state index in [-0.39, 0.29) is 25.2 Å². The number of carbonyl (C=O) groups is 1. The van der Waals surface area contributed by atoms with Gasteiger partial charge < -0.3 is 19.8 Å². The van der Waals surface area contributed by atoms with Crippen LogP contribution in [0, 0.1) is 0 Å². The van der Waals surface area contributed by atoms with E-state index in [4.69, 9.17) is 14.9 Å². The molecule has 1 amide bonds. The molecule has 2 unspecified atom stereocenters. The lowest BCUT2D eigenvalue weighted by molar-refractivity contribution is -0.145. The third-order valence-electron chi connectivity index (χ3n) is 2.72. The quantitative estimate of drug-likeness (QED) is 0.681. The summed E-state index contributed by atoms with van der Waals surface area (Å²) < 4.78 is 5.58. The van der Waals surface area contributed by atoms with Crippen LogP contribution in [-0.4, -0.2) is 52.1 Å². The van der Waals surface area contributed by atoms with Crippen molar-refractivity contribution in [2.45, 2.75) is 45.1 Å². The number of carbonyl (C=O) groups excluding carboxylic acids is 1. The maximum atomic E-state index is 11.5. The Morgan fingerprint density at radius 3 is 2.47 bits per heavy atom. The normalized spacial score (nSPS) is 29.5. The van der Waals surface area contributed by atoms with E-state index in [9.17, 15) is 4.79 Å². The van der Waals surface area contributed by atoms with E-state index in [1.165, 1.54) is 6.92 Å². The van der Waals surface area contributed by atoms with Crippen molar-refractivity contribution in [3.05, 3.63) is 0 Å². The zero-order valence-corrected chi connectivity index (χ0v) is 9.43. The smallest absolute Gasteiger partial charge is 0.222 e. The first-order valence-electron chi connectivity index (χ1n) is 5.13. The number of ether oxygens (including phenoxy) is 1. The van der Waals surface area contributed by atoms with Gasteiger partial charge in [0.15, 0.2) is 0 Å². The van der Waals surface area contributed by atoms with Crippen molar-refractivity contribution in [2.75, 3.05) is 13.2 Å². The average Bonchev–Trinajstić information content (AvgIpc) is 2.37. The monoisotopic (exact) mass is 217 g/mol. The molecule has 5 heteroatoms. The molecular formula is C10H19NO4. The van der Waals surface area contributed by atoms with Gasteiger partial charge >= 0.3 is 0 Å². The molecule has 0 aliphatic carbocycles. The Bertz CT molecular complexity index is 242. The van der Waals surface area contributed by atoms with Crippen molar-refractivity contribution in [3.8, 4) is 0 Å². The zero-order valence-electron chi connectivity index (χ0n) is 9.43. The molecular weight excluding hydrogens is 198 g/mol. The van der Waals surface area contributed by atoms with Crippen LogP contribution >= 0.6 is 0 Å². The zero-order chi connectivity index (χ0) is 11.6. The molecule has 0 bridgehead atoms. The van der Waals surface area contributed by atoms with Crippen molar-refractivity contribution >= 4 is 5.91 Å². The molecule has 1 rings (SSSR count). The molecule has 15 heavy (non-hydrogen) atoms. The predicted octanol–water partition coefficient (Wildman–Crippen LogP) is -0.287. The first-order chi connectivity index (χ1) is 6.94. The molecule has 0 aromatic heterocycles. The fraction of sp³-hybridized carbons (Fsp3) is 0.900. The van der Waals surface area contributed by atoms with Crippen molar-refractivity contribution in [3.63, 3.8) is 0 Å². The molecule has 0 aromatic carbocycles. The molecule has 1 fully saturated rings. The number of hydrogen-bond acceptors (Lipinski definition) is 4. The van der Waals surface area contributed by atoms with Crippen LogP contribution in [0.5, 0.6) is 0 Å². The van der Waals surface area contributed by atoms with E-state index >= 15 is 0 Å². The van der Waals surface area contributed by atoms with Crippen LogP contribution < -0.4 is 0 Å². The van der Waals surface area contributed by atoms with Gasteiger partial charge in [0, 0.05) is 13.5 Å². The summed E-state index contributed by atoms with van der Waals surface area (Å²) in [7, 11) is 0. The van der Waals surface area contributed by atoms with Gasteiger partial charge in [0.05, 0.1) is 12.6 Å². The summed E-state index contributed by atoms with van der Waals surface area (Å²) in [4.78, 5) is 13.1. The van der Waals surface area contributed by atoms with Crippen LogP contribution in [0.2, 0.25) is 0 Å². The minimum absolute atomic E-state index is 0.0234. The third kappa shape index (κ3) is 2.30. The highest BCUT2D eigenvalue weighted by atomic mass is 16.6. The average molecular weight is 217 g/mol. The van der Waals surface area contributed by atoms with Gasteiger partial charge in [0.2, 0.25) is 5.91 Å². The van der Waals surface area contributed by atoms with E-state index in [0.717, 1.165) is 0 Å². The molecule has 1 heterocycles.